The smallest absolute Gasteiger partial charge is 0.297 e. The first-order valence-corrected chi connectivity index (χ1v) is 14.8. The summed E-state index contributed by atoms with van der Waals surface area (Å²) in [6.07, 6.45) is -0.456. The summed E-state index contributed by atoms with van der Waals surface area (Å²) in [6, 6.07) is 38.0. The minimum atomic E-state index is -3.91. The Morgan fingerprint density at radius 3 is 1.74 bits per heavy atom. The molecule has 0 aliphatic carbocycles. The molecule has 3 atom stereocenters. The molecule has 1 fully saturated rings. The maximum absolute atomic E-state index is 12.9. The molecule has 0 aromatic heterocycles. The number of hydrogen-bond donors (Lipinski definition) is 0. The Morgan fingerprint density at radius 2 is 1.26 bits per heavy atom. The number of nitrogens with zero attached hydrogens (tertiary/aromatic N) is 1. The highest BCUT2D eigenvalue weighted by Gasteiger charge is 2.45. The zero-order valence-electron chi connectivity index (χ0n) is 21.3. The summed E-state index contributed by atoms with van der Waals surface area (Å²) in [6.45, 7) is 2.95. The number of morpholine rings is 1. The summed E-state index contributed by atoms with van der Waals surface area (Å²) in [5.74, 6) is -0.213. The fourth-order valence-electron chi connectivity index (χ4n) is 5.26. The van der Waals surface area contributed by atoms with Crippen molar-refractivity contribution in [2.24, 2.45) is 0 Å². The molecule has 1 aliphatic rings. The molecule has 5 nitrogen and oxygen atoms in total. The molecular formula is C31H32NO4PS. The second-order valence-corrected chi connectivity index (χ2v) is 11.9. The van der Waals surface area contributed by atoms with Crippen LogP contribution in [-0.4, -0.2) is 45.0 Å². The van der Waals surface area contributed by atoms with Crippen LogP contribution in [0, 0.1) is 6.92 Å². The second kappa shape index (κ2) is 11.5. The largest absolute Gasteiger partial charge is 0.366 e. The molecule has 1 saturated heterocycles. The van der Waals surface area contributed by atoms with E-state index in [1.807, 2.05) is 25.1 Å². The third-order valence-corrected chi connectivity index (χ3v) is 8.62. The Balaban J connectivity index is 1.53. The lowest BCUT2D eigenvalue weighted by Gasteiger charge is -2.50. The molecule has 1 aliphatic heterocycles. The predicted molar refractivity (Wildman–Crippen MR) is 153 cm³/mol. The summed E-state index contributed by atoms with van der Waals surface area (Å²) in [7, 11) is -1.15. The van der Waals surface area contributed by atoms with Gasteiger partial charge in [-0.25, -0.2) is 0 Å². The Labute approximate surface area is 227 Å². The molecule has 4 aromatic rings. The Kier molecular flexibility index (Phi) is 8.08. The minimum Gasteiger partial charge on any atom is -0.366 e. The zero-order chi connectivity index (χ0) is 26.6. The van der Waals surface area contributed by atoms with Gasteiger partial charge >= 0.3 is 0 Å². The summed E-state index contributed by atoms with van der Waals surface area (Å²) in [5.41, 5.74) is 3.76. The molecule has 4 aromatic carbocycles. The van der Waals surface area contributed by atoms with Crippen molar-refractivity contribution in [1.29, 1.82) is 0 Å². The topological polar surface area (TPSA) is 55.8 Å². The standard InChI is InChI=1S/C31H32NO4PS/c1-24-17-19-29(20-18-24)38(33,34)35-23-28-21-32(22-30(37)36-28)31(25-11-5-2-6-12-25,26-13-7-3-8-14-26)27-15-9-4-10-16-27/h2-20,28,30H,21-23,37H2,1H3. The Bertz CT molecular complexity index is 1340. The first kappa shape index (κ1) is 26.7. The van der Waals surface area contributed by atoms with Crippen molar-refractivity contribution in [2.75, 3.05) is 19.7 Å². The van der Waals surface area contributed by atoms with E-state index in [1.54, 1.807) is 24.3 Å². The highest BCUT2D eigenvalue weighted by molar-refractivity contribution is 7.86. The molecule has 0 saturated carbocycles. The normalized spacial score (nSPS) is 18.8. The molecule has 1 heterocycles. The third-order valence-electron chi connectivity index (χ3n) is 6.96. The van der Waals surface area contributed by atoms with Crippen LogP contribution in [0.4, 0.5) is 0 Å². The van der Waals surface area contributed by atoms with Crippen LogP contribution >= 0.6 is 9.24 Å². The monoisotopic (exact) mass is 545 g/mol. The molecule has 0 radical (unpaired) electrons. The van der Waals surface area contributed by atoms with E-state index in [9.17, 15) is 8.42 Å². The van der Waals surface area contributed by atoms with E-state index in [-0.39, 0.29) is 17.3 Å². The highest BCUT2D eigenvalue weighted by Crippen LogP contribution is 2.44. The molecule has 0 spiro atoms. The SMILES string of the molecule is Cc1ccc(S(=O)(=O)OCC2CN(C(c3ccccc3)(c3ccccc3)c3ccccc3)CC(P)O2)cc1. The van der Waals surface area contributed by atoms with E-state index in [4.69, 9.17) is 8.92 Å². The van der Waals surface area contributed by atoms with Crippen LogP contribution in [0.2, 0.25) is 0 Å². The van der Waals surface area contributed by atoms with Crippen molar-refractivity contribution in [3.8, 4) is 0 Å². The van der Waals surface area contributed by atoms with Crippen LogP contribution in [0.1, 0.15) is 22.3 Å². The fraction of sp³-hybridized carbons (Fsp3) is 0.226. The van der Waals surface area contributed by atoms with Crippen molar-refractivity contribution in [3.63, 3.8) is 0 Å². The Morgan fingerprint density at radius 1 is 0.789 bits per heavy atom. The lowest BCUT2D eigenvalue weighted by Crippen LogP contribution is -2.57. The van der Waals surface area contributed by atoms with Gasteiger partial charge in [0.1, 0.15) is 0 Å². The van der Waals surface area contributed by atoms with Gasteiger partial charge in [0.25, 0.3) is 10.1 Å². The average Bonchev–Trinajstić information content (AvgIpc) is 2.94. The van der Waals surface area contributed by atoms with Crippen LogP contribution < -0.4 is 0 Å². The molecule has 0 N–H and O–H groups in total. The van der Waals surface area contributed by atoms with Gasteiger partial charge in [-0.2, -0.15) is 8.42 Å². The van der Waals surface area contributed by atoms with Crippen molar-refractivity contribution in [2.45, 2.75) is 29.3 Å². The van der Waals surface area contributed by atoms with Crippen molar-refractivity contribution >= 4 is 19.4 Å². The number of benzene rings is 4. The summed E-state index contributed by atoms with van der Waals surface area (Å²) >= 11 is 0. The zero-order valence-corrected chi connectivity index (χ0v) is 23.3. The maximum atomic E-state index is 12.9. The highest BCUT2D eigenvalue weighted by atomic mass is 32.2. The first-order valence-electron chi connectivity index (χ1n) is 12.7. The summed E-state index contributed by atoms with van der Waals surface area (Å²) < 4.78 is 37.6. The van der Waals surface area contributed by atoms with E-state index >= 15 is 0 Å². The average molecular weight is 546 g/mol. The lowest BCUT2D eigenvalue weighted by molar-refractivity contribution is -0.0834. The van der Waals surface area contributed by atoms with Gasteiger partial charge in [0.15, 0.2) is 0 Å². The quantitative estimate of drug-likeness (QED) is 0.164. The number of hydrogen-bond acceptors (Lipinski definition) is 5. The molecule has 196 valence electrons. The van der Waals surface area contributed by atoms with E-state index in [0.717, 1.165) is 22.3 Å². The Hall–Kier alpha value is -2.86. The van der Waals surface area contributed by atoms with E-state index in [0.29, 0.717) is 13.1 Å². The molecular weight excluding hydrogens is 513 g/mol. The van der Waals surface area contributed by atoms with Gasteiger partial charge in [0, 0.05) is 13.1 Å². The van der Waals surface area contributed by atoms with Gasteiger partial charge < -0.3 is 4.74 Å². The van der Waals surface area contributed by atoms with E-state index in [2.05, 4.69) is 86.9 Å². The van der Waals surface area contributed by atoms with Gasteiger partial charge in [0.05, 0.1) is 29.0 Å². The molecule has 7 heteroatoms. The van der Waals surface area contributed by atoms with Gasteiger partial charge in [-0.05, 0) is 35.7 Å². The van der Waals surface area contributed by atoms with Gasteiger partial charge in [-0.3, -0.25) is 9.08 Å². The lowest BCUT2D eigenvalue weighted by atomic mass is 9.75. The molecule has 3 unspecified atom stereocenters. The minimum absolute atomic E-state index is 0.0773. The van der Waals surface area contributed by atoms with E-state index < -0.39 is 21.8 Å². The van der Waals surface area contributed by atoms with Crippen molar-refractivity contribution in [3.05, 3.63) is 138 Å². The van der Waals surface area contributed by atoms with Crippen LogP contribution in [0.5, 0.6) is 0 Å². The molecule has 5 rings (SSSR count). The summed E-state index contributed by atoms with van der Waals surface area (Å²) in [4.78, 5) is 2.53. The maximum Gasteiger partial charge on any atom is 0.297 e. The van der Waals surface area contributed by atoms with E-state index in [1.165, 1.54) is 0 Å². The third kappa shape index (κ3) is 5.47. The first-order chi connectivity index (χ1) is 18.4. The van der Waals surface area contributed by atoms with Crippen LogP contribution in [0.3, 0.4) is 0 Å². The molecule has 0 amide bonds. The number of aryl methyl sites for hydroxylation is 1. The van der Waals surface area contributed by atoms with Crippen molar-refractivity contribution < 1.29 is 17.3 Å². The van der Waals surface area contributed by atoms with Crippen LogP contribution in [0.15, 0.2) is 120 Å². The number of ether oxygens (including phenoxy) is 1. The molecule has 0 bridgehead atoms. The second-order valence-electron chi connectivity index (χ2n) is 9.56. The van der Waals surface area contributed by atoms with Gasteiger partial charge in [-0.15, -0.1) is 9.24 Å². The van der Waals surface area contributed by atoms with Crippen LogP contribution in [-0.2, 0) is 24.6 Å². The summed E-state index contributed by atoms with van der Waals surface area (Å²) in [5, 5.41) is 0. The van der Waals surface area contributed by atoms with Crippen LogP contribution in [0.25, 0.3) is 0 Å². The fourth-order valence-corrected chi connectivity index (χ4v) is 6.67. The molecule has 38 heavy (non-hydrogen) atoms. The predicted octanol–water partition coefficient (Wildman–Crippen LogP) is 5.59. The number of rotatable bonds is 8. The van der Waals surface area contributed by atoms with Gasteiger partial charge in [-0.1, -0.05) is 109 Å². The van der Waals surface area contributed by atoms with Crippen molar-refractivity contribution in [1.82, 2.24) is 4.90 Å². The van der Waals surface area contributed by atoms with Gasteiger partial charge in [0.2, 0.25) is 0 Å².